The first-order valence-corrected chi connectivity index (χ1v) is 10.9. The first-order valence-electron chi connectivity index (χ1n) is 9.13. The zero-order chi connectivity index (χ0) is 21.9. The van der Waals surface area contributed by atoms with Gasteiger partial charge in [-0.1, -0.05) is 37.1 Å². The average Bonchev–Trinajstić information content (AvgIpc) is 2.86. The number of benzene rings is 2. The molecule has 1 heterocycles. The molecule has 0 saturated carbocycles. The number of alkyl halides is 2. The number of sulfonamides is 1. The minimum absolute atomic E-state index is 0.0497. The van der Waals surface area contributed by atoms with Gasteiger partial charge in [0.25, 0.3) is 15.9 Å². The minimum atomic E-state index is -4.09. The number of anilines is 1. The van der Waals surface area contributed by atoms with Crippen LogP contribution in [0.15, 0.2) is 54.2 Å². The molecule has 0 atom stereocenters. The lowest BCUT2D eigenvalue weighted by Gasteiger charge is -2.16. The van der Waals surface area contributed by atoms with Crippen LogP contribution >= 0.6 is 11.6 Å². The highest BCUT2D eigenvalue weighted by atomic mass is 35.5. The van der Waals surface area contributed by atoms with Crippen molar-refractivity contribution in [2.75, 3.05) is 11.9 Å². The normalized spacial score (nSPS) is 15.8. The number of halogens is 3. The third-order valence-electron chi connectivity index (χ3n) is 4.37. The Labute approximate surface area is 178 Å². The van der Waals surface area contributed by atoms with Crippen LogP contribution in [0.2, 0.25) is 5.02 Å². The third kappa shape index (κ3) is 4.57. The van der Waals surface area contributed by atoms with Crippen molar-refractivity contribution in [1.29, 1.82) is 0 Å². The van der Waals surface area contributed by atoms with Gasteiger partial charge in [0.05, 0.1) is 0 Å². The van der Waals surface area contributed by atoms with E-state index >= 15 is 0 Å². The third-order valence-corrected chi connectivity index (χ3v) is 6.49. The Kier molecular flexibility index (Phi) is 6.62. The number of carbonyl (C=O) groups is 1. The Morgan fingerprint density at radius 3 is 2.47 bits per heavy atom. The largest absolute Gasteiger partial charge is 0.435 e. The maximum Gasteiger partial charge on any atom is 0.387 e. The highest BCUT2D eigenvalue weighted by Gasteiger charge is 2.44. The number of carbonyl (C=O) groups excluding carboxylic acids is 1. The number of ether oxygens (including phenoxy) is 1. The average molecular weight is 457 g/mol. The van der Waals surface area contributed by atoms with E-state index in [1.165, 1.54) is 30.3 Å². The minimum Gasteiger partial charge on any atom is -0.435 e. The number of rotatable bonds is 8. The molecule has 30 heavy (non-hydrogen) atoms. The van der Waals surface area contributed by atoms with Crippen LogP contribution in [0.25, 0.3) is 4.91 Å². The zero-order valence-electron chi connectivity index (χ0n) is 15.9. The van der Waals surface area contributed by atoms with Gasteiger partial charge in [0, 0.05) is 17.3 Å². The maximum atomic E-state index is 13.2. The number of nitrogens with one attached hydrogen (secondary N) is 1. The van der Waals surface area contributed by atoms with Crippen LogP contribution in [0.1, 0.15) is 25.3 Å². The molecular formula is C20H19ClF2N2O4S. The summed E-state index contributed by atoms with van der Waals surface area (Å²) in [6, 6.07) is 11.6. The van der Waals surface area contributed by atoms with E-state index in [1.807, 2.05) is 6.92 Å². The van der Waals surface area contributed by atoms with E-state index in [2.05, 4.69) is 10.1 Å². The molecule has 160 valence electrons. The van der Waals surface area contributed by atoms with Gasteiger partial charge < -0.3 is 10.1 Å². The summed E-state index contributed by atoms with van der Waals surface area (Å²) in [4.78, 5) is 12.8. The number of amides is 1. The van der Waals surface area contributed by atoms with Gasteiger partial charge >= 0.3 is 6.61 Å². The van der Waals surface area contributed by atoms with Gasteiger partial charge in [0.15, 0.2) is 0 Å². The smallest absolute Gasteiger partial charge is 0.387 e. The van der Waals surface area contributed by atoms with E-state index in [9.17, 15) is 22.0 Å². The molecule has 0 aromatic heterocycles. The molecule has 0 bridgehead atoms. The summed E-state index contributed by atoms with van der Waals surface area (Å²) >= 11 is 6.03. The van der Waals surface area contributed by atoms with Gasteiger partial charge in [0.1, 0.15) is 16.4 Å². The molecule has 1 amide bonds. The fraction of sp³-hybridized carbons (Fsp3) is 0.250. The Morgan fingerprint density at radius 2 is 1.87 bits per heavy atom. The van der Waals surface area contributed by atoms with E-state index in [-0.39, 0.29) is 28.5 Å². The van der Waals surface area contributed by atoms with Crippen molar-refractivity contribution < 1.29 is 26.7 Å². The molecule has 0 spiro atoms. The Balaban J connectivity index is 2.03. The van der Waals surface area contributed by atoms with Crippen LogP contribution in [-0.4, -0.2) is 31.8 Å². The molecule has 2 aromatic rings. The molecule has 1 aliphatic heterocycles. The molecule has 0 radical (unpaired) electrons. The van der Waals surface area contributed by atoms with Gasteiger partial charge in [-0.25, -0.2) is 12.7 Å². The molecule has 0 fully saturated rings. The van der Waals surface area contributed by atoms with Gasteiger partial charge in [-0.2, -0.15) is 8.78 Å². The van der Waals surface area contributed by atoms with Crippen molar-refractivity contribution in [3.8, 4) is 5.75 Å². The van der Waals surface area contributed by atoms with E-state index in [0.29, 0.717) is 23.6 Å². The number of nitrogens with zero attached hydrogens (tertiary/aromatic N) is 1. The lowest BCUT2D eigenvalue weighted by atomic mass is 10.1. The molecule has 0 unspecified atom stereocenters. The molecule has 10 heteroatoms. The predicted molar refractivity (Wildman–Crippen MR) is 111 cm³/mol. The lowest BCUT2D eigenvalue weighted by Crippen LogP contribution is -2.33. The second kappa shape index (κ2) is 9.01. The van der Waals surface area contributed by atoms with Crippen LogP contribution in [0.3, 0.4) is 0 Å². The fourth-order valence-electron chi connectivity index (χ4n) is 2.99. The SMILES string of the molecule is CCCCN1C(=O)C(Nc2ccc(OC(F)F)cc2)=C(c2cccc(Cl)c2)S1(=O)=O. The fourth-order valence-corrected chi connectivity index (χ4v) is 4.90. The number of hydrogen-bond donors (Lipinski definition) is 1. The lowest BCUT2D eigenvalue weighted by molar-refractivity contribution is -0.122. The summed E-state index contributed by atoms with van der Waals surface area (Å²) in [6.45, 7) is -1.02. The van der Waals surface area contributed by atoms with Gasteiger partial charge in [0.2, 0.25) is 0 Å². The summed E-state index contributed by atoms with van der Waals surface area (Å²) in [5.41, 5.74) is 0.484. The number of unbranched alkanes of at least 4 members (excludes halogenated alkanes) is 1. The summed E-state index contributed by atoms with van der Waals surface area (Å²) in [5.74, 6) is -0.749. The summed E-state index contributed by atoms with van der Waals surface area (Å²) in [5, 5.41) is 3.15. The molecule has 3 rings (SSSR count). The van der Waals surface area contributed by atoms with Crippen LogP contribution in [0.4, 0.5) is 14.5 Å². The molecule has 6 nitrogen and oxygen atoms in total. The summed E-state index contributed by atoms with van der Waals surface area (Å²) < 4.78 is 56.1. The Morgan fingerprint density at radius 1 is 1.17 bits per heavy atom. The van der Waals surface area contributed by atoms with E-state index < -0.39 is 22.5 Å². The quantitative estimate of drug-likeness (QED) is 0.623. The van der Waals surface area contributed by atoms with Crippen LogP contribution < -0.4 is 10.1 Å². The molecular weight excluding hydrogens is 438 g/mol. The monoisotopic (exact) mass is 456 g/mol. The predicted octanol–water partition coefficient (Wildman–Crippen LogP) is 4.69. The van der Waals surface area contributed by atoms with Crippen LogP contribution in [0.5, 0.6) is 5.75 Å². The molecule has 1 aliphatic rings. The molecule has 1 N–H and O–H groups in total. The second-order valence-electron chi connectivity index (χ2n) is 6.48. The topological polar surface area (TPSA) is 75.7 Å². The van der Waals surface area contributed by atoms with Crippen LogP contribution in [0, 0.1) is 0 Å². The highest BCUT2D eigenvalue weighted by molar-refractivity contribution is 7.99. The standard InChI is InChI=1S/C20H19ClF2N2O4S/c1-2-3-11-25-19(26)17(24-15-7-9-16(10-8-15)29-20(22)23)18(30(25,27)28)13-5-4-6-14(21)12-13/h4-10,12,20,24H,2-3,11H2,1H3. The van der Waals surface area contributed by atoms with Crippen molar-refractivity contribution in [3.63, 3.8) is 0 Å². The highest BCUT2D eigenvalue weighted by Crippen LogP contribution is 2.37. The van der Waals surface area contributed by atoms with Gasteiger partial charge in [-0.05, 0) is 48.4 Å². The number of hydrogen-bond acceptors (Lipinski definition) is 5. The first-order chi connectivity index (χ1) is 14.2. The van der Waals surface area contributed by atoms with Crippen molar-refractivity contribution in [3.05, 3.63) is 64.8 Å². The van der Waals surface area contributed by atoms with Crippen molar-refractivity contribution in [2.24, 2.45) is 0 Å². The first kappa shape index (κ1) is 22.0. The van der Waals surface area contributed by atoms with Crippen molar-refractivity contribution in [2.45, 2.75) is 26.4 Å². The van der Waals surface area contributed by atoms with Crippen molar-refractivity contribution in [1.82, 2.24) is 4.31 Å². The van der Waals surface area contributed by atoms with E-state index in [0.717, 1.165) is 4.31 Å². The van der Waals surface area contributed by atoms with E-state index in [1.54, 1.807) is 18.2 Å². The van der Waals surface area contributed by atoms with Crippen molar-refractivity contribution >= 4 is 38.1 Å². The summed E-state index contributed by atoms with van der Waals surface area (Å²) in [6.07, 6.45) is 1.22. The Hall–Kier alpha value is -2.65. The second-order valence-corrected chi connectivity index (χ2v) is 8.71. The van der Waals surface area contributed by atoms with Crippen LogP contribution in [-0.2, 0) is 14.8 Å². The molecule has 0 saturated heterocycles. The Bertz CT molecular complexity index is 1070. The maximum absolute atomic E-state index is 13.2. The molecule has 2 aromatic carbocycles. The van der Waals surface area contributed by atoms with Gasteiger partial charge in [-0.3, -0.25) is 4.79 Å². The van der Waals surface area contributed by atoms with Gasteiger partial charge in [-0.15, -0.1) is 0 Å². The van der Waals surface area contributed by atoms with E-state index in [4.69, 9.17) is 11.6 Å². The zero-order valence-corrected chi connectivity index (χ0v) is 17.5. The summed E-state index contributed by atoms with van der Waals surface area (Å²) in [7, 11) is -4.09. The molecule has 0 aliphatic carbocycles.